The Labute approximate surface area is 163 Å². The van der Waals surface area contributed by atoms with E-state index < -0.39 is 11.7 Å². The lowest BCUT2D eigenvalue weighted by Gasteiger charge is -2.21. The summed E-state index contributed by atoms with van der Waals surface area (Å²) in [7, 11) is 6.15. The molecule has 8 heteroatoms. The van der Waals surface area contributed by atoms with Gasteiger partial charge in [-0.25, -0.2) is 4.39 Å². The molecule has 0 heterocycles. The highest BCUT2D eigenvalue weighted by atomic mass is 19.1. The number of ether oxygens (including phenoxy) is 3. The van der Waals surface area contributed by atoms with Crippen molar-refractivity contribution in [3.05, 3.63) is 53.3 Å². The van der Waals surface area contributed by atoms with Crippen molar-refractivity contribution in [1.82, 2.24) is 10.2 Å². The molecule has 0 spiro atoms. The molecule has 0 aliphatic rings. The number of carbonyl (C=O) groups is 2. The van der Waals surface area contributed by atoms with Crippen LogP contribution in [0.2, 0.25) is 0 Å². The van der Waals surface area contributed by atoms with Crippen molar-refractivity contribution in [3.63, 3.8) is 0 Å². The third-order valence-electron chi connectivity index (χ3n) is 4.13. The van der Waals surface area contributed by atoms with Crippen molar-refractivity contribution in [1.29, 1.82) is 0 Å². The zero-order valence-electron chi connectivity index (χ0n) is 16.2. The lowest BCUT2D eigenvalue weighted by atomic mass is 10.1. The first kappa shape index (κ1) is 21.0. The summed E-state index contributed by atoms with van der Waals surface area (Å²) in [5, 5.41) is 2.53. The summed E-state index contributed by atoms with van der Waals surface area (Å²) in [6, 6.07) is 8.59. The van der Waals surface area contributed by atoms with Crippen molar-refractivity contribution < 1.29 is 28.2 Å². The SMILES string of the molecule is COc1ccc(CN(C)C(=O)CNC(=O)c2ccc(F)cc2)c(OC)c1OC. The molecule has 0 bridgehead atoms. The van der Waals surface area contributed by atoms with Crippen molar-refractivity contribution in [2.45, 2.75) is 6.54 Å². The Morgan fingerprint density at radius 2 is 1.61 bits per heavy atom. The van der Waals surface area contributed by atoms with Crippen molar-refractivity contribution in [3.8, 4) is 17.2 Å². The Bertz CT molecular complexity index is 839. The van der Waals surface area contributed by atoms with E-state index in [1.807, 2.05) is 0 Å². The van der Waals surface area contributed by atoms with Gasteiger partial charge < -0.3 is 24.4 Å². The number of amides is 2. The summed E-state index contributed by atoms with van der Waals surface area (Å²) in [4.78, 5) is 25.9. The molecule has 2 aromatic carbocycles. The van der Waals surface area contributed by atoms with Gasteiger partial charge in [-0.3, -0.25) is 9.59 Å². The third-order valence-corrected chi connectivity index (χ3v) is 4.13. The third kappa shape index (κ3) is 4.91. The van der Waals surface area contributed by atoms with Crippen LogP contribution >= 0.6 is 0 Å². The number of likely N-dealkylation sites (N-methyl/N-ethyl adjacent to an activating group) is 1. The van der Waals surface area contributed by atoms with E-state index in [1.165, 1.54) is 50.5 Å². The molecule has 2 aromatic rings. The molecule has 150 valence electrons. The predicted octanol–water partition coefficient (Wildman–Crippen LogP) is 2.24. The molecular formula is C20H23FN2O5. The molecule has 0 aliphatic carbocycles. The number of hydrogen-bond donors (Lipinski definition) is 1. The van der Waals surface area contributed by atoms with E-state index in [9.17, 15) is 14.0 Å². The zero-order chi connectivity index (χ0) is 20.7. The molecule has 2 rings (SSSR count). The van der Waals surface area contributed by atoms with Gasteiger partial charge in [-0.05, 0) is 36.4 Å². The maximum Gasteiger partial charge on any atom is 0.251 e. The van der Waals surface area contributed by atoms with E-state index in [4.69, 9.17) is 14.2 Å². The standard InChI is InChI=1S/C20H23FN2O5/c1-23(12-14-7-10-16(26-2)19(28-4)18(14)27-3)17(24)11-22-20(25)13-5-8-15(21)9-6-13/h5-10H,11-12H2,1-4H3,(H,22,25). The van der Waals surface area contributed by atoms with Gasteiger partial charge in [0.05, 0.1) is 27.9 Å². The van der Waals surface area contributed by atoms with E-state index in [-0.39, 0.29) is 24.6 Å². The van der Waals surface area contributed by atoms with Crippen molar-refractivity contribution in [2.24, 2.45) is 0 Å². The second-order valence-electron chi connectivity index (χ2n) is 5.93. The summed E-state index contributed by atoms with van der Waals surface area (Å²) in [6.07, 6.45) is 0. The van der Waals surface area contributed by atoms with Crippen molar-refractivity contribution >= 4 is 11.8 Å². The fourth-order valence-electron chi connectivity index (χ4n) is 2.63. The summed E-state index contributed by atoms with van der Waals surface area (Å²) >= 11 is 0. The molecule has 0 atom stereocenters. The second-order valence-corrected chi connectivity index (χ2v) is 5.93. The van der Waals surface area contributed by atoms with Gasteiger partial charge in [0.2, 0.25) is 11.7 Å². The maximum absolute atomic E-state index is 12.9. The first-order valence-electron chi connectivity index (χ1n) is 8.46. The molecule has 2 amide bonds. The minimum atomic E-state index is -0.453. The van der Waals surface area contributed by atoms with Crippen LogP contribution in [0.25, 0.3) is 0 Å². The average Bonchev–Trinajstić information content (AvgIpc) is 2.71. The van der Waals surface area contributed by atoms with Gasteiger partial charge in [-0.15, -0.1) is 0 Å². The van der Waals surface area contributed by atoms with Gasteiger partial charge >= 0.3 is 0 Å². The molecule has 0 saturated heterocycles. The molecule has 1 N–H and O–H groups in total. The summed E-state index contributed by atoms with van der Waals surface area (Å²) in [6.45, 7) is 0.0527. The van der Waals surface area contributed by atoms with E-state index in [0.717, 1.165) is 5.56 Å². The fourth-order valence-corrected chi connectivity index (χ4v) is 2.63. The van der Waals surface area contributed by atoms with Crippen LogP contribution in [-0.2, 0) is 11.3 Å². The molecule has 28 heavy (non-hydrogen) atoms. The number of carbonyl (C=O) groups excluding carboxylic acids is 2. The molecule has 7 nitrogen and oxygen atoms in total. The van der Waals surface area contributed by atoms with Crippen LogP contribution in [0.15, 0.2) is 36.4 Å². The fraction of sp³-hybridized carbons (Fsp3) is 0.300. The van der Waals surface area contributed by atoms with Crippen LogP contribution < -0.4 is 19.5 Å². The smallest absolute Gasteiger partial charge is 0.251 e. The highest BCUT2D eigenvalue weighted by Gasteiger charge is 2.19. The summed E-state index contributed by atoms with van der Waals surface area (Å²) in [5.74, 6) is 0.238. The minimum Gasteiger partial charge on any atom is -0.493 e. The van der Waals surface area contributed by atoms with Crippen LogP contribution in [0, 0.1) is 5.82 Å². The number of hydrogen-bond acceptors (Lipinski definition) is 5. The zero-order valence-corrected chi connectivity index (χ0v) is 16.2. The highest BCUT2D eigenvalue weighted by Crippen LogP contribution is 2.40. The second kappa shape index (κ2) is 9.59. The number of rotatable bonds is 8. The molecule has 0 fully saturated rings. The lowest BCUT2D eigenvalue weighted by molar-refractivity contribution is -0.129. The number of benzene rings is 2. The molecule has 0 radical (unpaired) electrons. The van der Waals surface area contributed by atoms with Crippen LogP contribution in [-0.4, -0.2) is 51.6 Å². The first-order chi connectivity index (χ1) is 13.4. The highest BCUT2D eigenvalue weighted by molar-refractivity contribution is 5.96. The van der Waals surface area contributed by atoms with E-state index in [2.05, 4.69) is 5.32 Å². The Hall–Kier alpha value is -3.29. The van der Waals surface area contributed by atoms with Crippen LogP contribution in [0.5, 0.6) is 17.2 Å². The Morgan fingerprint density at radius 1 is 0.964 bits per heavy atom. The maximum atomic E-state index is 12.9. The Balaban J connectivity index is 2.02. The average molecular weight is 390 g/mol. The number of halogens is 1. The van der Waals surface area contributed by atoms with Gasteiger partial charge in [0, 0.05) is 24.7 Å². The number of nitrogens with one attached hydrogen (secondary N) is 1. The van der Waals surface area contributed by atoms with Crippen LogP contribution in [0.1, 0.15) is 15.9 Å². The Morgan fingerprint density at radius 3 is 2.18 bits per heavy atom. The van der Waals surface area contributed by atoms with Gasteiger partial charge in [-0.1, -0.05) is 0 Å². The lowest BCUT2D eigenvalue weighted by Crippen LogP contribution is -2.37. The van der Waals surface area contributed by atoms with Gasteiger partial charge in [0.1, 0.15) is 5.82 Å². The van der Waals surface area contributed by atoms with Crippen molar-refractivity contribution in [2.75, 3.05) is 34.9 Å². The van der Waals surface area contributed by atoms with E-state index in [0.29, 0.717) is 17.2 Å². The molecular weight excluding hydrogens is 367 g/mol. The number of methoxy groups -OCH3 is 3. The first-order valence-corrected chi connectivity index (χ1v) is 8.46. The normalized spacial score (nSPS) is 10.2. The minimum absolute atomic E-state index is 0.192. The molecule has 0 saturated carbocycles. The van der Waals surface area contributed by atoms with Crippen LogP contribution in [0.3, 0.4) is 0 Å². The van der Waals surface area contributed by atoms with Gasteiger partial charge in [0.25, 0.3) is 5.91 Å². The molecule has 0 aromatic heterocycles. The summed E-state index contributed by atoms with van der Waals surface area (Å²) < 4.78 is 28.9. The topological polar surface area (TPSA) is 77.1 Å². The largest absolute Gasteiger partial charge is 0.493 e. The quantitative estimate of drug-likeness (QED) is 0.748. The number of nitrogens with zero attached hydrogens (tertiary/aromatic N) is 1. The predicted molar refractivity (Wildman–Crippen MR) is 101 cm³/mol. The van der Waals surface area contributed by atoms with E-state index in [1.54, 1.807) is 19.2 Å². The van der Waals surface area contributed by atoms with Gasteiger partial charge in [-0.2, -0.15) is 0 Å². The monoisotopic (exact) mass is 390 g/mol. The van der Waals surface area contributed by atoms with Crippen LogP contribution in [0.4, 0.5) is 4.39 Å². The Kier molecular flexibility index (Phi) is 7.20. The van der Waals surface area contributed by atoms with E-state index >= 15 is 0 Å². The molecule has 0 aliphatic heterocycles. The molecule has 0 unspecified atom stereocenters. The van der Waals surface area contributed by atoms with Gasteiger partial charge in [0.15, 0.2) is 11.5 Å². The summed E-state index contributed by atoms with van der Waals surface area (Å²) in [5.41, 5.74) is 0.999.